The number of hydrogen-bond acceptors (Lipinski definition) is 5. The third kappa shape index (κ3) is 5.43. The average Bonchev–Trinajstić information content (AvgIpc) is 3.60. The molecule has 1 saturated carbocycles. The van der Waals surface area contributed by atoms with Crippen LogP contribution in [0.2, 0.25) is 10.0 Å². The Morgan fingerprint density at radius 1 is 0.841 bits per heavy atom. The van der Waals surface area contributed by atoms with E-state index in [4.69, 9.17) is 37.7 Å². The van der Waals surface area contributed by atoms with Crippen LogP contribution in [-0.2, 0) is 10.0 Å². The Kier molecular flexibility index (Phi) is 7.53. The molecule has 1 saturated heterocycles. The molecule has 2 fully saturated rings. The SMILES string of the molecule is O=C(O)c1ccc(S(=O)(=O)N2CCC(n3c(C4CC4)nc4ccc(C(c5ccc(Cl)cc5)c5ccc(Cl)cc5)cc43)CC2)o1. The molecule has 3 aromatic carbocycles. The first-order chi connectivity index (χ1) is 21.2. The Morgan fingerprint density at radius 3 is 1.98 bits per heavy atom. The van der Waals surface area contributed by atoms with Crippen LogP contribution in [0.1, 0.15) is 76.6 Å². The number of furan rings is 1. The van der Waals surface area contributed by atoms with Gasteiger partial charge in [-0.25, -0.2) is 18.2 Å². The van der Waals surface area contributed by atoms with E-state index in [1.165, 1.54) is 16.4 Å². The summed E-state index contributed by atoms with van der Waals surface area (Å²) >= 11 is 12.5. The highest BCUT2D eigenvalue weighted by atomic mass is 35.5. The zero-order valence-corrected chi connectivity index (χ0v) is 25.9. The Bertz CT molecular complexity index is 1910. The van der Waals surface area contributed by atoms with Gasteiger partial charge in [-0.2, -0.15) is 4.31 Å². The monoisotopic (exact) mass is 649 g/mol. The number of benzene rings is 3. The summed E-state index contributed by atoms with van der Waals surface area (Å²) in [7, 11) is -3.95. The number of halogens is 2. The van der Waals surface area contributed by atoms with Crippen molar-refractivity contribution in [3.05, 3.63) is 117 Å². The van der Waals surface area contributed by atoms with Crippen LogP contribution in [0.3, 0.4) is 0 Å². The molecule has 2 aromatic heterocycles. The molecule has 5 aromatic rings. The Hall–Kier alpha value is -3.63. The number of hydrogen-bond donors (Lipinski definition) is 1. The van der Waals surface area contributed by atoms with Gasteiger partial charge in [-0.15, -0.1) is 0 Å². The van der Waals surface area contributed by atoms with Crippen LogP contribution in [0.15, 0.2) is 88.4 Å². The van der Waals surface area contributed by atoms with E-state index in [0.29, 0.717) is 28.8 Å². The topological polar surface area (TPSA) is 106 Å². The minimum Gasteiger partial charge on any atom is -0.475 e. The fraction of sp³-hybridized carbons (Fsp3) is 0.273. The highest BCUT2D eigenvalue weighted by Gasteiger charge is 2.36. The molecular weight excluding hydrogens is 621 g/mol. The van der Waals surface area contributed by atoms with Crippen molar-refractivity contribution >= 4 is 50.2 Å². The molecule has 1 aliphatic heterocycles. The lowest BCUT2D eigenvalue weighted by atomic mass is 9.85. The maximum Gasteiger partial charge on any atom is 0.371 e. The van der Waals surface area contributed by atoms with E-state index in [1.54, 1.807) is 0 Å². The minimum absolute atomic E-state index is 0.0577. The maximum absolute atomic E-state index is 13.2. The van der Waals surface area contributed by atoms with Crippen LogP contribution in [-0.4, -0.2) is 46.4 Å². The highest BCUT2D eigenvalue weighted by molar-refractivity contribution is 7.89. The fourth-order valence-corrected chi connectivity index (χ4v) is 7.88. The number of rotatable bonds is 8. The molecule has 2 aliphatic rings. The maximum atomic E-state index is 13.2. The summed E-state index contributed by atoms with van der Waals surface area (Å²) in [5.74, 6) is -0.307. The van der Waals surface area contributed by atoms with Gasteiger partial charge in [0.25, 0.3) is 10.0 Å². The number of piperidine rings is 1. The van der Waals surface area contributed by atoms with Crippen LogP contribution in [0.5, 0.6) is 0 Å². The van der Waals surface area contributed by atoms with Crippen LogP contribution in [0.25, 0.3) is 11.0 Å². The van der Waals surface area contributed by atoms with Gasteiger partial charge in [0.2, 0.25) is 10.9 Å². The third-order valence-corrected chi connectivity index (χ3v) is 10.9. The molecule has 1 N–H and O–H groups in total. The number of imidazole rings is 1. The first kappa shape index (κ1) is 29.1. The molecule has 0 unspecified atom stereocenters. The highest BCUT2D eigenvalue weighted by Crippen LogP contribution is 2.44. The molecule has 0 spiro atoms. The summed E-state index contributed by atoms with van der Waals surface area (Å²) in [5.41, 5.74) is 5.28. The first-order valence-corrected chi connectivity index (χ1v) is 16.7. The van der Waals surface area contributed by atoms with Crippen LogP contribution in [0.4, 0.5) is 0 Å². The van der Waals surface area contributed by atoms with Crippen LogP contribution >= 0.6 is 23.2 Å². The van der Waals surface area contributed by atoms with Gasteiger partial charge < -0.3 is 14.1 Å². The van der Waals surface area contributed by atoms with E-state index in [9.17, 15) is 13.2 Å². The molecule has 0 amide bonds. The molecule has 226 valence electrons. The van der Waals surface area contributed by atoms with Gasteiger partial charge in [0.05, 0.1) is 11.0 Å². The second kappa shape index (κ2) is 11.4. The lowest BCUT2D eigenvalue weighted by Gasteiger charge is -2.32. The second-order valence-corrected chi connectivity index (χ2v) is 14.2. The van der Waals surface area contributed by atoms with E-state index in [-0.39, 0.29) is 30.1 Å². The molecule has 0 atom stereocenters. The first-order valence-electron chi connectivity index (χ1n) is 14.5. The lowest BCUT2D eigenvalue weighted by molar-refractivity contribution is 0.0656. The van der Waals surface area contributed by atoms with Crippen molar-refractivity contribution in [3.8, 4) is 0 Å². The van der Waals surface area contributed by atoms with E-state index in [2.05, 4.69) is 22.8 Å². The predicted octanol–water partition coefficient (Wildman–Crippen LogP) is 7.72. The van der Waals surface area contributed by atoms with E-state index in [0.717, 1.165) is 46.4 Å². The van der Waals surface area contributed by atoms with Gasteiger partial charge in [0.1, 0.15) is 5.82 Å². The number of carboxylic acid groups (broad SMARTS) is 1. The third-order valence-electron chi connectivity index (χ3n) is 8.60. The van der Waals surface area contributed by atoms with Crippen LogP contribution < -0.4 is 0 Å². The largest absolute Gasteiger partial charge is 0.475 e. The number of carboxylic acids is 1. The van der Waals surface area contributed by atoms with Crippen molar-refractivity contribution in [1.82, 2.24) is 13.9 Å². The summed E-state index contributed by atoms with van der Waals surface area (Å²) in [6.45, 7) is 0.579. The number of sulfonamides is 1. The predicted molar refractivity (Wildman–Crippen MR) is 168 cm³/mol. The molecule has 44 heavy (non-hydrogen) atoms. The lowest BCUT2D eigenvalue weighted by Crippen LogP contribution is -2.39. The summed E-state index contributed by atoms with van der Waals surface area (Å²) in [4.78, 5) is 16.3. The molecule has 0 bridgehead atoms. The number of nitrogens with zero attached hydrogens (tertiary/aromatic N) is 3. The fourth-order valence-electron chi connectivity index (χ4n) is 6.25. The van der Waals surface area contributed by atoms with Crippen molar-refractivity contribution in [2.45, 2.75) is 48.7 Å². The second-order valence-electron chi connectivity index (χ2n) is 11.5. The smallest absolute Gasteiger partial charge is 0.371 e. The van der Waals surface area contributed by atoms with Gasteiger partial charge in [0.15, 0.2) is 0 Å². The summed E-state index contributed by atoms with van der Waals surface area (Å²) in [6, 6.07) is 24.7. The summed E-state index contributed by atoms with van der Waals surface area (Å²) in [5, 5.41) is 10.2. The average molecular weight is 651 g/mol. The van der Waals surface area contributed by atoms with Crippen molar-refractivity contribution in [3.63, 3.8) is 0 Å². The Balaban J connectivity index is 1.24. The van der Waals surface area contributed by atoms with E-state index in [1.807, 2.05) is 48.5 Å². The zero-order valence-electron chi connectivity index (χ0n) is 23.6. The van der Waals surface area contributed by atoms with Crippen LogP contribution in [0, 0.1) is 0 Å². The molecule has 11 heteroatoms. The standard InChI is InChI=1S/C33H29Cl2N3O5S/c34-24-8-3-20(4-9-24)31(21-5-10-25(35)11-6-21)23-7-12-27-28(19-23)38(32(36-27)22-1-2-22)26-15-17-37(18-16-26)44(41,42)30-14-13-29(43-30)33(39)40/h3-14,19,22,26,31H,1-2,15-18H2,(H,39,40). The zero-order chi connectivity index (χ0) is 30.6. The number of aromatic nitrogens is 2. The molecule has 0 radical (unpaired) electrons. The Morgan fingerprint density at radius 2 is 1.43 bits per heavy atom. The van der Waals surface area contributed by atoms with Gasteiger partial charge in [-0.1, -0.05) is 53.5 Å². The van der Waals surface area contributed by atoms with Gasteiger partial charge in [0, 0.05) is 41.0 Å². The van der Waals surface area contributed by atoms with Gasteiger partial charge in [-0.05, 0) is 90.9 Å². The number of fused-ring (bicyclic) bond motifs is 1. The van der Waals surface area contributed by atoms with E-state index >= 15 is 0 Å². The Labute approximate surface area is 264 Å². The molecular formula is C33H29Cl2N3O5S. The van der Waals surface area contributed by atoms with Crippen molar-refractivity contribution in [2.75, 3.05) is 13.1 Å². The number of aromatic carboxylic acids is 1. The molecule has 1 aliphatic carbocycles. The minimum atomic E-state index is -3.95. The van der Waals surface area contributed by atoms with Gasteiger partial charge in [-0.3, -0.25) is 0 Å². The van der Waals surface area contributed by atoms with Crippen molar-refractivity contribution < 1.29 is 22.7 Å². The van der Waals surface area contributed by atoms with Gasteiger partial charge >= 0.3 is 5.97 Å². The van der Waals surface area contributed by atoms with Crippen molar-refractivity contribution in [1.29, 1.82) is 0 Å². The normalized spacial score (nSPS) is 16.6. The summed E-state index contributed by atoms with van der Waals surface area (Å²) in [6.07, 6.45) is 3.37. The number of carbonyl (C=O) groups is 1. The molecule has 7 rings (SSSR count). The van der Waals surface area contributed by atoms with Crippen molar-refractivity contribution in [2.24, 2.45) is 0 Å². The quantitative estimate of drug-likeness (QED) is 0.173. The summed E-state index contributed by atoms with van der Waals surface area (Å²) < 4.78 is 35.4. The molecule has 3 heterocycles. The van der Waals surface area contributed by atoms with E-state index < -0.39 is 21.8 Å². The molecule has 8 nitrogen and oxygen atoms in total.